The van der Waals surface area contributed by atoms with E-state index in [4.69, 9.17) is 47.6 Å². The monoisotopic (exact) mass is 612 g/mol. The first-order valence-electron chi connectivity index (χ1n) is 14.3. The fourth-order valence-electron chi connectivity index (χ4n) is 6.41. The van der Waals surface area contributed by atoms with Crippen LogP contribution in [0, 0.1) is 5.92 Å². The van der Waals surface area contributed by atoms with Gasteiger partial charge in [-0.1, -0.05) is 0 Å². The highest BCUT2D eigenvalue weighted by atomic mass is 16.7. The van der Waals surface area contributed by atoms with Gasteiger partial charge in [-0.3, -0.25) is 0 Å². The maximum absolute atomic E-state index is 11.2. The van der Waals surface area contributed by atoms with Crippen LogP contribution in [0.25, 0.3) is 0 Å². The average molecular weight is 613 g/mol. The summed E-state index contributed by atoms with van der Waals surface area (Å²) in [5, 5.41) is 87.2. The van der Waals surface area contributed by atoms with Gasteiger partial charge in [0.2, 0.25) is 0 Å². The molecule has 2 saturated heterocycles. The molecule has 0 aromatic carbocycles. The fraction of sp³-hybridized carbons (Fsp3) is 1.00. The first-order chi connectivity index (χ1) is 19.8. The van der Waals surface area contributed by atoms with E-state index < -0.39 is 122 Å². The summed E-state index contributed by atoms with van der Waals surface area (Å²) >= 11 is 0. The van der Waals surface area contributed by atoms with E-state index in [2.05, 4.69) is 5.32 Å². The second kappa shape index (κ2) is 14.1. The minimum Gasteiger partial charge on any atom is -0.394 e. The zero-order valence-electron chi connectivity index (χ0n) is 23.1. The van der Waals surface area contributed by atoms with Gasteiger partial charge in [0.05, 0.1) is 37.1 Å². The molecule has 42 heavy (non-hydrogen) atoms. The minimum absolute atomic E-state index is 0.0302. The normalized spacial score (nSPS) is 53.8. The van der Waals surface area contributed by atoms with E-state index in [1.54, 1.807) is 0 Å². The molecule has 4 rings (SSSR count). The van der Waals surface area contributed by atoms with E-state index >= 15 is 0 Å². The Morgan fingerprint density at radius 2 is 1.21 bits per heavy atom. The van der Waals surface area contributed by atoms with Gasteiger partial charge in [-0.05, 0) is 19.4 Å². The van der Waals surface area contributed by atoms with Crippen molar-refractivity contribution in [2.75, 3.05) is 19.7 Å². The van der Waals surface area contributed by atoms with Crippen LogP contribution in [-0.2, 0) is 18.9 Å². The van der Waals surface area contributed by atoms with Gasteiger partial charge in [0.1, 0.15) is 42.7 Å². The van der Waals surface area contributed by atoms with Crippen LogP contribution in [0.1, 0.15) is 12.8 Å². The Hall–Kier alpha value is -0.720. The molecule has 0 amide bonds. The standard InChI is InChI=1S/C24H48N6O12/c25-3-6-9(1-7(27)15(33)14(6)32)30-10-2-8(28)16(34)22(17(10)35)42-24-20(38)21(12(5-31)40-24)41-23-13(29)19(37)18(36)11(4-26)39-23/h6-24,30-38H,1-5,25-29H2/t6-,7-,8+,9?,10-,11-,12+,13+,14+,15+,16-,17+,18+,19+,20+,21+,22+,23+,24-/m0/s1. The van der Waals surface area contributed by atoms with Crippen molar-refractivity contribution in [1.29, 1.82) is 0 Å². The largest absolute Gasteiger partial charge is 0.394 e. The van der Waals surface area contributed by atoms with Crippen molar-refractivity contribution < 1.29 is 59.8 Å². The summed E-state index contributed by atoms with van der Waals surface area (Å²) in [7, 11) is 0. The van der Waals surface area contributed by atoms with Crippen molar-refractivity contribution in [3.8, 4) is 0 Å². The molecule has 4 aliphatic rings. The lowest BCUT2D eigenvalue weighted by molar-refractivity contribution is -0.280. The third-order valence-electron chi connectivity index (χ3n) is 9.05. The quantitative estimate of drug-likeness (QED) is 0.115. The van der Waals surface area contributed by atoms with Crippen molar-refractivity contribution in [3.63, 3.8) is 0 Å². The van der Waals surface area contributed by atoms with Crippen molar-refractivity contribution >= 4 is 0 Å². The van der Waals surface area contributed by atoms with E-state index in [9.17, 15) is 40.9 Å². The third kappa shape index (κ3) is 6.62. The maximum atomic E-state index is 11.2. The van der Waals surface area contributed by atoms with Crippen molar-refractivity contribution in [2.24, 2.45) is 34.6 Å². The van der Waals surface area contributed by atoms with Gasteiger partial charge < -0.3 is 93.8 Å². The summed E-state index contributed by atoms with van der Waals surface area (Å²) < 4.78 is 22.8. The van der Waals surface area contributed by atoms with E-state index in [0.717, 1.165) is 0 Å². The molecule has 18 nitrogen and oxygen atoms in total. The second-order valence-corrected chi connectivity index (χ2v) is 11.8. The molecule has 0 radical (unpaired) electrons. The van der Waals surface area contributed by atoms with Gasteiger partial charge in [-0.25, -0.2) is 0 Å². The summed E-state index contributed by atoms with van der Waals surface area (Å²) in [6.45, 7) is -0.761. The van der Waals surface area contributed by atoms with Crippen LogP contribution < -0.4 is 34.0 Å². The Bertz CT molecular complexity index is 869. The molecule has 0 spiro atoms. The highest BCUT2D eigenvalue weighted by molar-refractivity contribution is 5.05. The molecule has 0 aromatic heterocycles. The Balaban J connectivity index is 1.45. The lowest BCUT2D eigenvalue weighted by Crippen LogP contribution is -2.68. The number of rotatable bonds is 9. The molecular formula is C24H48N6O12. The molecule has 18 heteroatoms. The van der Waals surface area contributed by atoms with Crippen molar-refractivity contribution in [2.45, 2.75) is 123 Å². The van der Waals surface area contributed by atoms with Crippen LogP contribution in [0.4, 0.5) is 0 Å². The fourth-order valence-corrected chi connectivity index (χ4v) is 6.41. The van der Waals surface area contributed by atoms with Crippen LogP contribution in [0.5, 0.6) is 0 Å². The minimum atomic E-state index is -1.59. The predicted octanol–water partition coefficient (Wildman–Crippen LogP) is -8.63. The second-order valence-electron chi connectivity index (χ2n) is 11.8. The van der Waals surface area contributed by atoms with Gasteiger partial charge in [-0.15, -0.1) is 0 Å². The first kappa shape index (κ1) is 34.2. The van der Waals surface area contributed by atoms with Gasteiger partial charge >= 0.3 is 0 Å². The number of aliphatic hydroxyl groups excluding tert-OH is 8. The van der Waals surface area contributed by atoms with Gasteiger partial charge in [0, 0.05) is 36.6 Å². The molecule has 19 N–H and O–H groups in total. The molecule has 2 heterocycles. The van der Waals surface area contributed by atoms with Crippen LogP contribution in [0.2, 0.25) is 0 Å². The SMILES string of the molecule is NC[C@@H]1O[C@H](O[C@H]2[C@@H](O)[C@H](O[C@@H]3[C@@H](O)[C@H](N)C[C@H](NC4C[C@H](N)[C@@H](O)[C@H](O)[C@H]4CN)[C@H]3O)O[C@@H]2CO)[C@H](N)[C@@H](O)[C@@H]1O. The Kier molecular flexibility index (Phi) is 11.5. The zero-order chi connectivity index (χ0) is 31.0. The number of hydrogen-bond donors (Lipinski definition) is 14. The number of nitrogens with one attached hydrogen (secondary N) is 1. The zero-order valence-corrected chi connectivity index (χ0v) is 23.1. The summed E-state index contributed by atoms with van der Waals surface area (Å²) in [4.78, 5) is 0. The molecule has 2 saturated carbocycles. The van der Waals surface area contributed by atoms with E-state index in [1.807, 2.05) is 0 Å². The summed E-state index contributed by atoms with van der Waals surface area (Å²) in [5.41, 5.74) is 29.6. The summed E-state index contributed by atoms with van der Waals surface area (Å²) in [5.74, 6) is -0.579. The maximum Gasteiger partial charge on any atom is 0.187 e. The third-order valence-corrected chi connectivity index (χ3v) is 9.05. The van der Waals surface area contributed by atoms with Crippen LogP contribution >= 0.6 is 0 Å². The molecule has 2 aliphatic carbocycles. The molecule has 246 valence electrons. The van der Waals surface area contributed by atoms with Crippen LogP contribution in [0.3, 0.4) is 0 Å². The topological polar surface area (TPSA) is 341 Å². The number of hydrogen-bond acceptors (Lipinski definition) is 18. The highest BCUT2D eigenvalue weighted by Gasteiger charge is 2.53. The first-order valence-corrected chi connectivity index (χ1v) is 14.3. The summed E-state index contributed by atoms with van der Waals surface area (Å²) in [6, 6.07) is -4.12. The number of aliphatic hydroxyl groups is 8. The van der Waals surface area contributed by atoms with Gasteiger partial charge in [0.25, 0.3) is 0 Å². The van der Waals surface area contributed by atoms with Crippen LogP contribution in [0.15, 0.2) is 0 Å². The Morgan fingerprint density at radius 3 is 1.83 bits per heavy atom. The van der Waals surface area contributed by atoms with E-state index in [0.29, 0.717) is 0 Å². The molecule has 0 bridgehead atoms. The van der Waals surface area contributed by atoms with Gasteiger partial charge in [0.15, 0.2) is 12.6 Å². The molecule has 0 aromatic rings. The smallest absolute Gasteiger partial charge is 0.187 e. The van der Waals surface area contributed by atoms with E-state index in [1.165, 1.54) is 0 Å². The average Bonchev–Trinajstić information content (AvgIpc) is 3.26. The lowest BCUT2D eigenvalue weighted by atomic mass is 9.76. The molecular weight excluding hydrogens is 564 g/mol. The van der Waals surface area contributed by atoms with E-state index in [-0.39, 0.29) is 25.9 Å². The Labute approximate surface area is 242 Å². The van der Waals surface area contributed by atoms with Gasteiger partial charge in [-0.2, -0.15) is 0 Å². The van der Waals surface area contributed by atoms with Crippen molar-refractivity contribution in [1.82, 2.24) is 5.32 Å². The molecule has 4 fully saturated rings. The molecule has 19 atom stereocenters. The number of nitrogens with two attached hydrogens (primary N) is 5. The van der Waals surface area contributed by atoms with Crippen LogP contribution in [-0.4, -0.2) is 170 Å². The molecule has 2 aliphatic heterocycles. The van der Waals surface area contributed by atoms with Crippen molar-refractivity contribution in [3.05, 3.63) is 0 Å². The lowest BCUT2D eigenvalue weighted by Gasteiger charge is -2.47. The number of ether oxygens (including phenoxy) is 4. The highest BCUT2D eigenvalue weighted by Crippen LogP contribution is 2.33. The predicted molar refractivity (Wildman–Crippen MR) is 142 cm³/mol. The molecule has 1 unspecified atom stereocenters. The Morgan fingerprint density at radius 1 is 0.619 bits per heavy atom. The summed E-state index contributed by atoms with van der Waals surface area (Å²) in [6.07, 6.45) is -16.9.